The van der Waals surface area contributed by atoms with Crippen LogP contribution in [0.4, 0.5) is 14.5 Å². The number of benzene rings is 2. The molecule has 0 bridgehead atoms. The van der Waals surface area contributed by atoms with Gasteiger partial charge in [-0.25, -0.2) is 8.78 Å². The van der Waals surface area contributed by atoms with E-state index in [9.17, 15) is 18.4 Å². The van der Waals surface area contributed by atoms with Gasteiger partial charge in [0.05, 0.1) is 11.7 Å². The third kappa shape index (κ3) is 3.74. The van der Waals surface area contributed by atoms with E-state index >= 15 is 0 Å². The maximum Gasteiger partial charge on any atom is 0.278 e. The molecule has 0 saturated carbocycles. The first kappa shape index (κ1) is 19.5. The van der Waals surface area contributed by atoms with Gasteiger partial charge in [-0.15, -0.1) is 0 Å². The highest BCUT2D eigenvalue weighted by molar-refractivity contribution is 6.36. The molecule has 0 radical (unpaired) electrons. The highest BCUT2D eigenvalue weighted by Gasteiger charge is 2.38. The topological polar surface area (TPSA) is 58.6 Å². The molecule has 0 spiro atoms. The lowest BCUT2D eigenvalue weighted by Crippen LogP contribution is -2.32. The molecule has 1 aliphatic rings. The number of rotatable bonds is 6. The monoisotopic (exact) mass is 386 g/mol. The fraction of sp³-hybridized carbons (Fsp3) is 0.238. The van der Waals surface area contributed by atoms with Gasteiger partial charge in [-0.2, -0.15) is 0 Å². The number of anilines is 1. The Morgan fingerprint density at radius 2 is 1.68 bits per heavy atom. The summed E-state index contributed by atoms with van der Waals surface area (Å²) < 4.78 is 32.3. The van der Waals surface area contributed by atoms with Crippen LogP contribution in [0.15, 0.2) is 48.2 Å². The number of amides is 2. The van der Waals surface area contributed by atoms with Crippen LogP contribution < -0.4 is 10.1 Å². The van der Waals surface area contributed by atoms with Gasteiger partial charge in [0, 0.05) is 18.3 Å². The minimum Gasteiger partial charge on any atom is -0.491 e. The molecule has 28 heavy (non-hydrogen) atoms. The Kier molecular flexibility index (Phi) is 5.44. The summed E-state index contributed by atoms with van der Waals surface area (Å²) in [6.45, 7) is 5.68. The fourth-order valence-electron chi connectivity index (χ4n) is 2.94. The Balaban J connectivity index is 2.02. The van der Waals surface area contributed by atoms with Crippen LogP contribution >= 0.6 is 0 Å². The largest absolute Gasteiger partial charge is 0.491 e. The van der Waals surface area contributed by atoms with Crippen LogP contribution in [0, 0.1) is 11.6 Å². The van der Waals surface area contributed by atoms with Crippen molar-refractivity contribution in [3.05, 3.63) is 65.4 Å². The molecule has 5 nitrogen and oxygen atoms in total. The van der Waals surface area contributed by atoms with Gasteiger partial charge in [-0.1, -0.05) is 12.1 Å². The number of carbonyl (C=O) groups excluding carboxylic acids is 2. The zero-order valence-electron chi connectivity index (χ0n) is 15.8. The first-order chi connectivity index (χ1) is 13.3. The second kappa shape index (κ2) is 7.80. The van der Waals surface area contributed by atoms with Gasteiger partial charge in [0.2, 0.25) is 0 Å². The van der Waals surface area contributed by atoms with Gasteiger partial charge in [-0.3, -0.25) is 14.5 Å². The molecule has 146 valence electrons. The predicted octanol–water partition coefficient (Wildman–Crippen LogP) is 3.96. The van der Waals surface area contributed by atoms with Crippen molar-refractivity contribution < 1.29 is 23.1 Å². The number of hydrogen-bond acceptors (Lipinski definition) is 4. The molecule has 1 N–H and O–H groups in total. The Labute approximate surface area is 161 Å². The van der Waals surface area contributed by atoms with Gasteiger partial charge in [0.1, 0.15) is 11.4 Å². The Hall–Kier alpha value is -3.22. The number of ether oxygens (including phenoxy) is 1. The number of carbonyl (C=O) groups is 2. The molecule has 0 atom stereocenters. The minimum atomic E-state index is -1.05. The van der Waals surface area contributed by atoms with Crippen molar-refractivity contribution in [2.75, 3.05) is 11.9 Å². The Morgan fingerprint density at radius 1 is 1.00 bits per heavy atom. The van der Waals surface area contributed by atoms with Crippen molar-refractivity contribution in [3.63, 3.8) is 0 Å². The molecule has 0 aromatic heterocycles. The lowest BCUT2D eigenvalue weighted by Gasteiger charge is -2.12. The summed E-state index contributed by atoms with van der Waals surface area (Å²) in [5.41, 5.74) is 0.892. The minimum absolute atomic E-state index is 0.000869. The van der Waals surface area contributed by atoms with E-state index in [2.05, 4.69) is 5.32 Å². The van der Waals surface area contributed by atoms with E-state index in [0.29, 0.717) is 11.3 Å². The summed E-state index contributed by atoms with van der Waals surface area (Å²) >= 11 is 0. The Bertz CT molecular complexity index is 953. The van der Waals surface area contributed by atoms with Crippen LogP contribution in [-0.4, -0.2) is 29.4 Å². The summed E-state index contributed by atoms with van der Waals surface area (Å²) in [7, 11) is 0. The molecule has 0 saturated heterocycles. The number of likely N-dealkylation sites (N-methyl/N-ethyl adjacent to an activating group) is 1. The Morgan fingerprint density at radius 3 is 2.25 bits per heavy atom. The van der Waals surface area contributed by atoms with E-state index in [0.717, 1.165) is 17.0 Å². The summed E-state index contributed by atoms with van der Waals surface area (Å²) in [6, 6.07) is 9.98. The number of nitrogens with one attached hydrogen (secondary N) is 1. The zero-order chi connectivity index (χ0) is 20.4. The highest BCUT2D eigenvalue weighted by atomic mass is 19.2. The summed E-state index contributed by atoms with van der Waals surface area (Å²) in [5, 5.41) is 2.78. The van der Waals surface area contributed by atoms with E-state index in [1.54, 1.807) is 31.2 Å². The van der Waals surface area contributed by atoms with Crippen molar-refractivity contribution in [1.29, 1.82) is 0 Å². The smallest absolute Gasteiger partial charge is 0.278 e. The van der Waals surface area contributed by atoms with Crippen LogP contribution in [-0.2, 0) is 9.59 Å². The quantitative estimate of drug-likeness (QED) is 0.764. The van der Waals surface area contributed by atoms with Crippen molar-refractivity contribution in [1.82, 2.24) is 4.90 Å². The van der Waals surface area contributed by atoms with E-state index in [1.807, 2.05) is 13.8 Å². The van der Waals surface area contributed by atoms with Crippen molar-refractivity contribution in [2.24, 2.45) is 0 Å². The molecule has 0 fully saturated rings. The summed E-state index contributed by atoms with van der Waals surface area (Å²) in [4.78, 5) is 26.6. The molecule has 2 aromatic rings. The number of halogens is 2. The van der Waals surface area contributed by atoms with Crippen LogP contribution in [0.1, 0.15) is 26.3 Å². The first-order valence-electron chi connectivity index (χ1n) is 8.91. The average Bonchev–Trinajstić information content (AvgIpc) is 2.88. The average molecular weight is 386 g/mol. The standard InChI is InChI=1S/C21H20F2N2O3/c1-4-25-20(26)18(13-5-8-15(9-6-13)28-12(2)3)19(21(25)27)24-14-7-10-16(22)17(23)11-14/h5-12,24H,4H2,1-3H3. The number of imide groups is 1. The fourth-order valence-corrected chi connectivity index (χ4v) is 2.94. The summed E-state index contributed by atoms with van der Waals surface area (Å²) in [6.07, 6.45) is 0.000869. The predicted molar refractivity (Wildman–Crippen MR) is 102 cm³/mol. The number of nitrogens with zero attached hydrogens (tertiary/aromatic N) is 1. The second-order valence-corrected chi connectivity index (χ2v) is 6.55. The van der Waals surface area contributed by atoms with Crippen LogP contribution in [0.3, 0.4) is 0 Å². The van der Waals surface area contributed by atoms with Gasteiger partial charge in [0.25, 0.3) is 11.8 Å². The summed E-state index contributed by atoms with van der Waals surface area (Å²) in [5.74, 6) is -2.38. The third-order valence-corrected chi connectivity index (χ3v) is 4.19. The van der Waals surface area contributed by atoms with Gasteiger partial charge in [0.15, 0.2) is 11.6 Å². The molecule has 1 heterocycles. The lowest BCUT2D eigenvalue weighted by molar-refractivity contribution is -0.136. The van der Waals surface area contributed by atoms with Crippen LogP contribution in [0.5, 0.6) is 5.75 Å². The molecule has 2 amide bonds. The second-order valence-electron chi connectivity index (χ2n) is 6.55. The maximum atomic E-state index is 13.5. The normalized spacial score (nSPS) is 14.3. The SMILES string of the molecule is CCN1C(=O)C(Nc2ccc(F)c(F)c2)=C(c2ccc(OC(C)C)cc2)C1=O. The molecular formula is C21H20F2N2O3. The lowest BCUT2D eigenvalue weighted by atomic mass is 10.0. The van der Waals surface area contributed by atoms with E-state index in [1.165, 1.54) is 6.07 Å². The third-order valence-electron chi connectivity index (χ3n) is 4.19. The molecule has 7 heteroatoms. The van der Waals surface area contributed by atoms with Crippen LogP contribution in [0.25, 0.3) is 5.57 Å². The molecule has 0 unspecified atom stereocenters. The molecule has 3 rings (SSSR count). The van der Waals surface area contributed by atoms with Gasteiger partial charge in [-0.05, 0) is 50.6 Å². The highest BCUT2D eigenvalue weighted by Crippen LogP contribution is 2.31. The van der Waals surface area contributed by atoms with Crippen molar-refractivity contribution in [2.45, 2.75) is 26.9 Å². The van der Waals surface area contributed by atoms with Crippen molar-refractivity contribution in [3.8, 4) is 5.75 Å². The molecule has 2 aromatic carbocycles. The van der Waals surface area contributed by atoms with Gasteiger partial charge < -0.3 is 10.1 Å². The molecule has 1 aliphatic heterocycles. The van der Waals surface area contributed by atoms with Crippen LogP contribution in [0.2, 0.25) is 0 Å². The number of hydrogen-bond donors (Lipinski definition) is 1. The zero-order valence-corrected chi connectivity index (χ0v) is 15.8. The van der Waals surface area contributed by atoms with Gasteiger partial charge >= 0.3 is 0 Å². The molecular weight excluding hydrogens is 366 g/mol. The first-order valence-corrected chi connectivity index (χ1v) is 8.91. The van der Waals surface area contributed by atoms with Crippen molar-refractivity contribution >= 4 is 23.1 Å². The molecule has 0 aliphatic carbocycles. The maximum absolute atomic E-state index is 13.5. The van der Waals surface area contributed by atoms with E-state index in [-0.39, 0.29) is 29.6 Å². The van der Waals surface area contributed by atoms with E-state index < -0.39 is 23.4 Å². The van der Waals surface area contributed by atoms with E-state index in [4.69, 9.17) is 4.74 Å².